The molecule has 0 bridgehead atoms. The summed E-state index contributed by atoms with van der Waals surface area (Å²) in [4.78, 5) is 26.5. The molecule has 8 heteroatoms. The zero-order chi connectivity index (χ0) is 17.1. The zero-order valence-corrected chi connectivity index (χ0v) is 14.6. The van der Waals surface area contributed by atoms with Crippen LogP contribution in [0.3, 0.4) is 0 Å². The van der Waals surface area contributed by atoms with E-state index in [-0.39, 0.29) is 42.4 Å². The van der Waals surface area contributed by atoms with Gasteiger partial charge in [0.05, 0.1) is 6.04 Å². The Hall–Kier alpha value is -1.73. The Morgan fingerprint density at radius 3 is 2.56 bits per heavy atom. The highest BCUT2D eigenvalue weighted by molar-refractivity contribution is 5.90. The maximum absolute atomic E-state index is 13.6. The fourth-order valence-corrected chi connectivity index (χ4v) is 3.39. The van der Waals surface area contributed by atoms with Gasteiger partial charge in [-0.05, 0) is 44.4 Å². The molecule has 2 aliphatic rings. The Bertz CT molecular complexity index is 618. The molecule has 1 aromatic carbocycles. The predicted molar refractivity (Wildman–Crippen MR) is 91.2 cm³/mol. The van der Waals surface area contributed by atoms with Crippen LogP contribution in [0.4, 0.5) is 8.78 Å². The second-order valence-electron chi connectivity index (χ2n) is 6.26. The summed E-state index contributed by atoms with van der Waals surface area (Å²) in [5.74, 6) is -1.79. The number of hydrogen-bond donors (Lipinski definition) is 2. The third-order valence-corrected chi connectivity index (χ3v) is 4.70. The van der Waals surface area contributed by atoms with E-state index in [0.29, 0.717) is 13.0 Å². The number of rotatable bonds is 4. The number of nitrogens with zero attached hydrogens (tertiary/aromatic N) is 1. The van der Waals surface area contributed by atoms with E-state index in [1.807, 2.05) is 0 Å². The van der Waals surface area contributed by atoms with Crippen molar-refractivity contribution in [2.75, 3.05) is 13.1 Å². The molecule has 3 rings (SSSR count). The summed E-state index contributed by atoms with van der Waals surface area (Å²) in [6.45, 7) is 1.13. The molecule has 2 fully saturated rings. The molecule has 0 aromatic heterocycles. The predicted octanol–water partition coefficient (Wildman–Crippen LogP) is 1.75. The van der Waals surface area contributed by atoms with E-state index < -0.39 is 17.7 Å². The molecule has 0 aliphatic carbocycles. The summed E-state index contributed by atoms with van der Waals surface area (Å²) in [6.07, 6.45) is 3.06. The van der Waals surface area contributed by atoms with Gasteiger partial charge in [0, 0.05) is 18.7 Å². The number of hydrogen-bond acceptors (Lipinski definition) is 3. The van der Waals surface area contributed by atoms with Crippen LogP contribution in [0.5, 0.6) is 0 Å². The fourth-order valence-electron chi connectivity index (χ4n) is 3.39. The largest absolute Gasteiger partial charge is 0.350 e. The first-order chi connectivity index (χ1) is 11.6. The second kappa shape index (κ2) is 8.58. The van der Waals surface area contributed by atoms with Crippen molar-refractivity contribution in [2.24, 2.45) is 0 Å². The van der Waals surface area contributed by atoms with Crippen molar-refractivity contribution in [1.82, 2.24) is 15.5 Å². The standard InChI is InChI=1S/C17H21F2N3O2.ClH/c18-12-4-1-5-13(19)11(12)10-21-16(23)15-7-3-9-22(15)17(24)14-6-2-8-20-14;/h1,4-5,14-15,20H,2-3,6-10H2,(H,21,23);1H/t14-,15-;/m0./s1. The Kier molecular flexibility index (Phi) is 6.72. The lowest BCUT2D eigenvalue weighted by Crippen LogP contribution is -2.51. The molecule has 0 spiro atoms. The summed E-state index contributed by atoms with van der Waals surface area (Å²) in [5.41, 5.74) is -0.167. The van der Waals surface area contributed by atoms with Crippen molar-refractivity contribution in [3.63, 3.8) is 0 Å². The van der Waals surface area contributed by atoms with E-state index in [0.717, 1.165) is 37.9 Å². The number of carbonyl (C=O) groups excluding carboxylic acids is 2. The molecule has 5 nitrogen and oxygen atoms in total. The van der Waals surface area contributed by atoms with E-state index >= 15 is 0 Å². The van der Waals surface area contributed by atoms with Gasteiger partial charge in [0.2, 0.25) is 11.8 Å². The summed E-state index contributed by atoms with van der Waals surface area (Å²) in [7, 11) is 0. The molecule has 0 saturated carbocycles. The summed E-state index contributed by atoms with van der Waals surface area (Å²) in [6, 6.07) is 2.81. The van der Waals surface area contributed by atoms with Gasteiger partial charge in [0.1, 0.15) is 17.7 Å². The van der Waals surface area contributed by atoms with Crippen LogP contribution >= 0.6 is 12.4 Å². The van der Waals surface area contributed by atoms with Crippen molar-refractivity contribution in [1.29, 1.82) is 0 Å². The summed E-state index contributed by atoms with van der Waals surface area (Å²) >= 11 is 0. The summed E-state index contributed by atoms with van der Waals surface area (Å²) < 4.78 is 27.2. The van der Waals surface area contributed by atoms with E-state index in [1.165, 1.54) is 6.07 Å². The van der Waals surface area contributed by atoms with Crippen LogP contribution in [0.25, 0.3) is 0 Å². The fraction of sp³-hybridized carbons (Fsp3) is 0.529. The van der Waals surface area contributed by atoms with Gasteiger partial charge in [-0.3, -0.25) is 9.59 Å². The van der Waals surface area contributed by atoms with Crippen LogP contribution in [0.1, 0.15) is 31.2 Å². The van der Waals surface area contributed by atoms with Gasteiger partial charge >= 0.3 is 0 Å². The van der Waals surface area contributed by atoms with Gasteiger partial charge < -0.3 is 15.5 Å². The lowest BCUT2D eigenvalue weighted by Gasteiger charge is -2.26. The van der Waals surface area contributed by atoms with Crippen LogP contribution in [-0.2, 0) is 16.1 Å². The molecule has 0 unspecified atom stereocenters. The first-order valence-electron chi connectivity index (χ1n) is 8.32. The third-order valence-electron chi connectivity index (χ3n) is 4.70. The van der Waals surface area contributed by atoms with Crippen LogP contribution in [0.2, 0.25) is 0 Å². The first kappa shape index (κ1) is 19.6. The van der Waals surface area contributed by atoms with Crippen LogP contribution in [0.15, 0.2) is 18.2 Å². The molecule has 138 valence electrons. The van der Waals surface area contributed by atoms with Crippen LogP contribution < -0.4 is 10.6 Å². The molecule has 2 amide bonds. The van der Waals surface area contributed by atoms with E-state index in [9.17, 15) is 18.4 Å². The Morgan fingerprint density at radius 2 is 1.92 bits per heavy atom. The lowest BCUT2D eigenvalue weighted by molar-refractivity contribution is -0.139. The van der Waals surface area contributed by atoms with Crippen molar-refractivity contribution in [3.8, 4) is 0 Å². The number of likely N-dealkylation sites (tertiary alicyclic amines) is 1. The molecule has 2 atom stereocenters. The van der Waals surface area contributed by atoms with E-state index in [1.54, 1.807) is 4.90 Å². The number of halogens is 3. The van der Waals surface area contributed by atoms with Gasteiger partial charge in [-0.25, -0.2) is 8.78 Å². The molecular formula is C17H22ClF2N3O2. The number of carbonyl (C=O) groups is 2. The second-order valence-corrected chi connectivity index (χ2v) is 6.26. The minimum absolute atomic E-state index is 0. The average Bonchev–Trinajstić information content (AvgIpc) is 3.25. The minimum Gasteiger partial charge on any atom is -0.350 e. The Labute approximate surface area is 151 Å². The Balaban J connectivity index is 0.00000225. The molecule has 2 heterocycles. The van der Waals surface area contributed by atoms with Gasteiger partial charge in [-0.1, -0.05) is 6.07 Å². The molecule has 25 heavy (non-hydrogen) atoms. The van der Waals surface area contributed by atoms with Crippen molar-refractivity contribution >= 4 is 24.2 Å². The SMILES string of the molecule is Cl.O=C(NCc1c(F)cccc1F)[C@@H]1CCCN1C(=O)[C@@H]1CCCN1. The topological polar surface area (TPSA) is 61.4 Å². The highest BCUT2D eigenvalue weighted by Crippen LogP contribution is 2.21. The molecular weight excluding hydrogens is 352 g/mol. The average molecular weight is 374 g/mol. The van der Waals surface area contributed by atoms with Gasteiger partial charge in [-0.15, -0.1) is 12.4 Å². The van der Waals surface area contributed by atoms with Crippen LogP contribution in [0, 0.1) is 11.6 Å². The van der Waals surface area contributed by atoms with Gasteiger partial charge in [0.15, 0.2) is 0 Å². The number of nitrogens with one attached hydrogen (secondary N) is 2. The third kappa shape index (κ3) is 4.27. The molecule has 2 aliphatic heterocycles. The first-order valence-corrected chi connectivity index (χ1v) is 8.32. The Morgan fingerprint density at radius 1 is 1.20 bits per heavy atom. The van der Waals surface area contributed by atoms with Crippen LogP contribution in [-0.4, -0.2) is 41.9 Å². The zero-order valence-electron chi connectivity index (χ0n) is 13.8. The molecule has 2 saturated heterocycles. The summed E-state index contributed by atoms with van der Waals surface area (Å²) in [5, 5.41) is 5.71. The maximum Gasteiger partial charge on any atom is 0.243 e. The highest BCUT2D eigenvalue weighted by Gasteiger charge is 2.37. The van der Waals surface area contributed by atoms with Gasteiger partial charge in [-0.2, -0.15) is 0 Å². The van der Waals surface area contributed by atoms with Crippen molar-refractivity contribution < 1.29 is 18.4 Å². The number of benzene rings is 1. The van der Waals surface area contributed by atoms with Crippen molar-refractivity contribution in [3.05, 3.63) is 35.4 Å². The molecule has 0 radical (unpaired) electrons. The monoisotopic (exact) mass is 373 g/mol. The minimum atomic E-state index is -0.690. The van der Waals surface area contributed by atoms with Crippen molar-refractivity contribution in [2.45, 2.75) is 44.3 Å². The number of amides is 2. The van der Waals surface area contributed by atoms with E-state index in [4.69, 9.17) is 0 Å². The quantitative estimate of drug-likeness (QED) is 0.845. The highest BCUT2D eigenvalue weighted by atomic mass is 35.5. The molecule has 2 N–H and O–H groups in total. The smallest absolute Gasteiger partial charge is 0.243 e. The maximum atomic E-state index is 13.6. The van der Waals surface area contributed by atoms with Gasteiger partial charge in [0.25, 0.3) is 0 Å². The molecule has 1 aromatic rings. The normalized spacial score (nSPS) is 22.6. The van der Waals surface area contributed by atoms with E-state index in [2.05, 4.69) is 10.6 Å². The lowest BCUT2D eigenvalue weighted by atomic mass is 10.1.